The molecule has 5 heteroatoms. The molecule has 2 N–H and O–H groups in total. The van der Waals surface area contributed by atoms with Crippen molar-refractivity contribution in [1.82, 2.24) is 5.32 Å². The lowest BCUT2D eigenvalue weighted by molar-refractivity contribution is -0.123. The number of hydrogen-bond donors (Lipinski definition) is 2. The summed E-state index contributed by atoms with van der Waals surface area (Å²) in [5.74, 6) is -0.169. The highest BCUT2D eigenvalue weighted by molar-refractivity contribution is 6.34. The summed E-state index contributed by atoms with van der Waals surface area (Å²) in [6.07, 6.45) is 4.89. The fourth-order valence-electron chi connectivity index (χ4n) is 2.08. The van der Waals surface area contributed by atoms with Gasteiger partial charge in [-0.15, -0.1) is 0 Å². The SMILES string of the molecule is O=C(C[C@H](O)c1cc(Cl)cc(Cl)c1)NC1CC=CC1. The van der Waals surface area contributed by atoms with Crippen LogP contribution in [0, 0.1) is 0 Å². The summed E-state index contributed by atoms with van der Waals surface area (Å²) >= 11 is 11.7. The summed E-state index contributed by atoms with van der Waals surface area (Å²) in [5.41, 5.74) is 0.553. The molecule has 1 atom stereocenters. The Labute approximate surface area is 122 Å². The second-order valence-corrected chi connectivity index (χ2v) is 5.50. The van der Waals surface area contributed by atoms with Gasteiger partial charge in [0.2, 0.25) is 5.91 Å². The zero-order chi connectivity index (χ0) is 13.8. The minimum Gasteiger partial charge on any atom is -0.388 e. The first-order valence-corrected chi connectivity index (χ1v) is 6.88. The van der Waals surface area contributed by atoms with Crippen molar-refractivity contribution >= 4 is 29.1 Å². The van der Waals surface area contributed by atoms with Crippen LogP contribution in [0.1, 0.15) is 30.9 Å². The van der Waals surface area contributed by atoms with Crippen molar-refractivity contribution in [2.75, 3.05) is 0 Å². The summed E-state index contributed by atoms with van der Waals surface area (Å²) in [7, 11) is 0. The van der Waals surface area contributed by atoms with Gasteiger partial charge in [0.15, 0.2) is 0 Å². The Bertz CT molecular complexity index is 474. The predicted octanol–water partition coefficient (Wildman–Crippen LogP) is 3.25. The van der Waals surface area contributed by atoms with Crippen LogP contribution in [0.4, 0.5) is 0 Å². The molecule has 1 aliphatic rings. The fourth-order valence-corrected chi connectivity index (χ4v) is 2.63. The number of halogens is 2. The van der Waals surface area contributed by atoms with Gasteiger partial charge >= 0.3 is 0 Å². The standard InChI is InChI=1S/C14H15Cl2NO2/c15-10-5-9(6-11(16)7-10)13(18)8-14(19)17-12-3-1-2-4-12/h1-2,5-7,12-13,18H,3-4,8H2,(H,17,19)/t13-/m0/s1. The second-order valence-electron chi connectivity index (χ2n) is 4.63. The number of hydrogen-bond acceptors (Lipinski definition) is 2. The third-order valence-electron chi connectivity index (χ3n) is 3.02. The smallest absolute Gasteiger partial charge is 0.223 e. The van der Waals surface area contributed by atoms with E-state index in [2.05, 4.69) is 5.32 Å². The van der Waals surface area contributed by atoms with Crippen LogP contribution in [0.3, 0.4) is 0 Å². The van der Waals surface area contributed by atoms with Gasteiger partial charge in [-0.3, -0.25) is 4.79 Å². The lowest BCUT2D eigenvalue weighted by Crippen LogP contribution is -2.33. The van der Waals surface area contributed by atoms with Crippen LogP contribution in [0.15, 0.2) is 30.4 Å². The first-order valence-electron chi connectivity index (χ1n) is 6.13. The third-order valence-corrected chi connectivity index (χ3v) is 3.46. The molecule has 0 saturated heterocycles. The predicted molar refractivity (Wildman–Crippen MR) is 76.3 cm³/mol. The maximum absolute atomic E-state index is 11.8. The molecule has 0 heterocycles. The van der Waals surface area contributed by atoms with E-state index >= 15 is 0 Å². The Morgan fingerprint density at radius 2 is 1.84 bits per heavy atom. The molecule has 19 heavy (non-hydrogen) atoms. The highest BCUT2D eigenvalue weighted by Gasteiger charge is 2.18. The molecule has 0 saturated carbocycles. The minimum absolute atomic E-state index is 0.00711. The molecular weight excluding hydrogens is 285 g/mol. The molecule has 102 valence electrons. The number of carbonyl (C=O) groups excluding carboxylic acids is 1. The lowest BCUT2D eigenvalue weighted by atomic mass is 10.1. The van der Waals surface area contributed by atoms with E-state index in [1.807, 2.05) is 12.2 Å². The maximum Gasteiger partial charge on any atom is 0.223 e. The van der Waals surface area contributed by atoms with Gasteiger partial charge in [0.25, 0.3) is 0 Å². The summed E-state index contributed by atoms with van der Waals surface area (Å²) in [6.45, 7) is 0. The Kier molecular flexibility index (Phi) is 4.86. The molecule has 1 aromatic rings. The minimum atomic E-state index is -0.898. The number of amides is 1. The summed E-state index contributed by atoms with van der Waals surface area (Å²) < 4.78 is 0. The molecule has 0 unspecified atom stereocenters. The highest BCUT2D eigenvalue weighted by Crippen LogP contribution is 2.25. The van der Waals surface area contributed by atoms with Crippen LogP contribution in [0.5, 0.6) is 0 Å². The van der Waals surface area contributed by atoms with Gasteiger partial charge in [0.05, 0.1) is 12.5 Å². The van der Waals surface area contributed by atoms with Crippen LogP contribution in [0.25, 0.3) is 0 Å². The molecule has 2 rings (SSSR count). The second kappa shape index (κ2) is 6.42. The third kappa shape index (κ3) is 4.23. The molecule has 0 aliphatic heterocycles. The lowest BCUT2D eigenvalue weighted by Gasteiger charge is -2.15. The van der Waals surface area contributed by atoms with Gasteiger partial charge in [-0.1, -0.05) is 35.4 Å². The Hall–Kier alpha value is -1.03. The van der Waals surface area contributed by atoms with Crippen molar-refractivity contribution in [1.29, 1.82) is 0 Å². The molecular formula is C14H15Cl2NO2. The van der Waals surface area contributed by atoms with E-state index in [0.717, 1.165) is 12.8 Å². The molecule has 3 nitrogen and oxygen atoms in total. The molecule has 0 fully saturated rings. The largest absolute Gasteiger partial charge is 0.388 e. The van der Waals surface area contributed by atoms with E-state index in [4.69, 9.17) is 23.2 Å². The molecule has 0 spiro atoms. The van der Waals surface area contributed by atoms with E-state index in [1.54, 1.807) is 18.2 Å². The molecule has 1 aromatic carbocycles. The van der Waals surface area contributed by atoms with Crippen molar-refractivity contribution in [2.45, 2.75) is 31.4 Å². The van der Waals surface area contributed by atoms with E-state index < -0.39 is 6.10 Å². The van der Waals surface area contributed by atoms with Gasteiger partial charge in [-0.25, -0.2) is 0 Å². The van der Waals surface area contributed by atoms with Crippen molar-refractivity contribution < 1.29 is 9.90 Å². The Balaban J connectivity index is 1.92. The number of benzene rings is 1. The van der Waals surface area contributed by atoms with Crippen LogP contribution >= 0.6 is 23.2 Å². The molecule has 1 aliphatic carbocycles. The first-order chi connectivity index (χ1) is 9.04. The van der Waals surface area contributed by atoms with E-state index in [-0.39, 0.29) is 18.4 Å². The van der Waals surface area contributed by atoms with Crippen molar-refractivity contribution in [3.63, 3.8) is 0 Å². The molecule has 0 aromatic heterocycles. The Morgan fingerprint density at radius 3 is 2.42 bits per heavy atom. The van der Waals surface area contributed by atoms with Crippen molar-refractivity contribution in [3.05, 3.63) is 46.0 Å². The summed E-state index contributed by atoms with van der Waals surface area (Å²) in [5, 5.41) is 13.8. The van der Waals surface area contributed by atoms with Crippen LogP contribution in [0.2, 0.25) is 10.0 Å². The van der Waals surface area contributed by atoms with Crippen LogP contribution in [-0.2, 0) is 4.79 Å². The number of carbonyl (C=O) groups is 1. The zero-order valence-electron chi connectivity index (χ0n) is 10.3. The van der Waals surface area contributed by atoms with Crippen molar-refractivity contribution in [3.8, 4) is 0 Å². The van der Waals surface area contributed by atoms with Gasteiger partial charge < -0.3 is 10.4 Å². The zero-order valence-corrected chi connectivity index (χ0v) is 11.8. The first kappa shape index (κ1) is 14.4. The summed E-state index contributed by atoms with van der Waals surface area (Å²) in [4.78, 5) is 11.8. The molecule has 1 amide bonds. The van der Waals surface area contributed by atoms with E-state index in [9.17, 15) is 9.90 Å². The monoisotopic (exact) mass is 299 g/mol. The number of rotatable bonds is 4. The fraction of sp³-hybridized carbons (Fsp3) is 0.357. The molecule has 0 bridgehead atoms. The average molecular weight is 300 g/mol. The average Bonchev–Trinajstić information content (AvgIpc) is 2.80. The van der Waals surface area contributed by atoms with Gasteiger partial charge in [-0.05, 0) is 36.6 Å². The Morgan fingerprint density at radius 1 is 1.26 bits per heavy atom. The van der Waals surface area contributed by atoms with Gasteiger partial charge in [0, 0.05) is 16.1 Å². The van der Waals surface area contributed by atoms with Gasteiger partial charge in [-0.2, -0.15) is 0 Å². The number of nitrogens with one attached hydrogen (secondary N) is 1. The number of aliphatic hydroxyl groups is 1. The van der Waals surface area contributed by atoms with Crippen LogP contribution < -0.4 is 5.32 Å². The summed E-state index contributed by atoms with van der Waals surface area (Å²) in [6, 6.07) is 4.97. The van der Waals surface area contributed by atoms with E-state index in [0.29, 0.717) is 15.6 Å². The van der Waals surface area contributed by atoms with E-state index in [1.165, 1.54) is 0 Å². The highest BCUT2D eigenvalue weighted by atomic mass is 35.5. The van der Waals surface area contributed by atoms with Crippen molar-refractivity contribution in [2.24, 2.45) is 0 Å². The van der Waals surface area contributed by atoms with Crippen LogP contribution in [-0.4, -0.2) is 17.1 Å². The normalized spacial score (nSPS) is 16.6. The topological polar surface area (TPSA) is 49.3 Å². The number of aliphatic hydroxyl groups excluding tert-OH is 1. The molecule has 0 radical (unpaired) electrons. The quantitative estimate of drug-likeness (QED) is 0.839. The van der Waals surface area contributed by atoms with Gasteiger partial charge in [0.1, 0.15) is 0 Å². The maximum atomic E-state index is 11.8.